The number of nitrogens with zero attached hydrogens (tertiary/aromatic N) is 4. The van der Waals surface area contributed by atoms with Crippen LogP contribution < -0.4 is 5.32 Å². The third-order valence-electron chi connectivity index (χ3n) is 2.72. The van der Waals surface area contributed by atoms with Crippen LogP contribution in [-0.2, 0) is 13.6 Å². The number of anilines is 1. The van der Waals surface area contributed by atoms with E-state index >= 15 is 0 Å². The van der Waals surface area contributed by atoms with Crippen LogP contribution in [0.3, 0.4) is 0 Å². The molecule has 0 aliphatic heterocycles. The lowest BCUT2D eigenvalue weighted by molar-refractivity contribution is -0.384. The standard InChI is InChI=1S/C12H11N5O2/c1-16-10(5-6-15-16)8-14-11-4-2-3-9(7-13)12(11)17(18)19/h2-6,14H,8H2,1H3. The molecule has 0 aliphatic rings. The quantitative estimate of drug-likeness (QED) is 0.665. The molecule has 0 radical (unpaired) electrons. The SMILES string of the molecule is Cn1nccc1CNc1cccc(C#N)c1[N+](=O)[O-]. The molecular formula is C12H11N5O2. The zero-order valence-corrected chi connectivity index (χ0v) is 10.2. The Kier molecular flexibility index (Phi) is 3.43. The summed E-state index contributed by atoms with van der Waals surface area (Å²) < 4.78 is 1.67. The first kappa shape index (κ1) is 12.6. The minimum atomic E-state index is -0.551. The molecule has 0 unspecified atom stereocenters. The van der Waals surface area contributed by atoms with Gasteiger partial charge in [0.05, 0.1) is 17.2 Å². The fourth-order valence-electron chi connectivity index (χ4n) is 1.73. The van der Waals surface area contributed by atoms with Gasteiger partial charge in [0, 0.05) is 13.2 Å². The number of hydrogen-bond donors (Lipinski definition) is 1. The predicted octanol–water partition coefficient (Wildman–Crippen LogP) is 1.81. The second-order valence-electron chi connectivity index (χ2n) is 3.87. The van der Waals surface area contributed by atoms with Gasteiger partial charge in [0.25, 0.3) is 0 Å². The Labute approximate surface area is 109 Å². The first-order valence-corrected chi connectivity index (χ1v) is 5.51. The minimum absolute atomic E-state index is 0.0417. The number of nitrogens with one attached hydrogen (secondary N) is 1. The topological polar surface area (TPSA) is 96.8 Å². The average Bonchev–Trinajstić information content (AvgIpc) is 2.81. The highest BCUT2D eigenvalue weighted by Crippen LogP contribution is 2.28. The van der Waals surface area contributed by atoms with Crippen molar-refractivity contribution in [2.75, 3.05) is 5.32 Å². The highest BCUT2D eigenvalue weighted by molar-refractivity contribution is 5.68. The molecule has 2 aromatic rings. The van der Waals surface area contributed by atoms with Crippen molar-refractivity contribution in [2.45, 2.75) is 6.54 Å². The van der Waals surface area contributed by atoms with E-state index in [0.717, 1.165) is 5.69 Å². The predicted molar refractivity (Wildman–Crippen MR) is 68.3 cm³/mol. The van der Waals surface area contributed by atoms with Crippen LogP contribution >= 0.6 is 0 Å². The third kappa shape index (κ3) is 2.52. The maximum absolute atomic E-state index is 11.0. The van der Waals surface area contributed by atoms with Crippen molar-refractivity contribution in [3.05, 3.63) is 51.8 Å². The van der Waals surface area contributed by atoms with Gasteiger partial charge in [0.15, 0.2) is 0 Å². The zero-order valence-electron chi connectivity index (χ0n) is 10.2. The second-order valence-corrected chi connectivity index (χ2v) is 3.87. The number of aryl methyl sites for hydroxylation is 1. The Bertz CT molecular complexity index is 656. The highest BCUT2D eigenvalue weighted by Gasteiger charge is 2.19. The Morgan fingerprint density at radius 1 is 1.53 bits per heavy atom. The summed E-state index contributed by atoms with van der Waals surface area (Å²) in [5.41, 5.74) is 1.05. The van der Waals surface area contributed by atoms with Gasteiger partial charge in [-0.05, 0) is 18.2 Å². The zero-order chi connectivity index (χ0) is 13.8. The van der Waals surface area contributed by atoms with Gasteiger partial charge in [0.2, 0.25) is 0 Å². The molecule has 7 nitrogen and oxygen atoms in total. The van der Waals surface area contributed by atoms with E-state index in [-0.39, 0.29) is 11.3 Å². The highest BCUT2D eigenvalue weighted by atomic mass is 16.6. The molecule has 7 heteroatoms. The van der Waals surface area contributed by atoms with E-state index in [2.05, 4.69) is 10.4 Å². The number of hydrogen-bond acceptors (Lipinski definition) is 5. The largest absolute Gasteiger partial charge is 0.374 e. The van der Waals surface area contributed by atoms with Crippen LogP contribution in [0.1, 0.15) is 11.3 Å². The summed E-state index contributed by atoms with van der Waals surface area (Å²) in [4.78, 5) is 10.5. The number of rotatable bonds is 4. The summed E-state index contributed by atoms with van der Waals surface area (Å²) >= 11 is 0. The summed E-state index contributed by atoms with van der Waals surface area (Å²) in [7, 11) is 1.79. The summed E-state index contributed by atoms with van der Waals surface area (Å²) in [6, 6.07) is 8.25. The van der Waals surface area contributed by atoms with E-state index in [1.165, 1.54) is 6.07 Å². The van der Waals surface area contributed by atoms with Crippen LogP contribution in [0.2, 0.25) is 0 Å². The summed E-state index contributed by atoms with van der Waals surface area (Å²) in [5.74, 6) is 0. The van der Waals surface area contributed by atoms with E-state index in [1.54, 1.807) is 30.1 Å². The Morgan fingerprint density at radius 3 is 2.89 bits per heavy atom. The number of para-hydroxylation sites is 1. The van der Waals surface area contributed by atoms with Crippen molar-refractivity contribution in [1.29, 1.82) is 5.26 Å². The van der Waals surface area contributed by atoms with Crippen LogP contribution in [0, 0.1) is 21.4 Å². The lowest BCUT2D eigenvalue weighted by Crippen LogP contribution is -2.07. The fraction of sp³-hybridized carbons (Fsp3) is 0.167. The second kappa shape index (κ2) is 5.18. The molecule has 1 aromatic heterocycles. The normalized spacial score (nSPS) is 9.89. The minimum Gasteiger partial charge on any atom is -0.374 e. The third-order valence-corrected chi connectivity index (χ3v) is 2.72. The van der Waals surface area contributed by atoms with Crippen LogP contribution in [0.4, 0.5) is 11.4 Å². The van der Waals surface area contributed by atoms with E-state index < -0.39 is 4.92 Å². The first-order valence-electron chi connectivity index (χ1n) is 5.51. The average molecular weight is 257 g/mol. The van der Waals surface area contributed by atoms with Gasteiger partial charge in [0.1, 0.15) is 17.3 Å². The van der Waals surface area contributed by atoms with Crippen molar-refractivity contribution in [2.24, 2.45) is 7.05 Å². The smallest absolute Gasteiger partial charge is 0.309 e. The summed E-state index contributed by atoms with van der Waals surface area (Å²) in [6.45, 7) is 0.395. The van der Waals surface area contributed by atoms with Crippen LogP contribution in [0.5, 0.6) is 0 Å². The molecular weight excluding hydrogens is 246 g/mol. The van der Waals surface area contributed by atoms with Crippen molar-refractivity contribution >= 4 is 11.4 Å². The number of nitriles is 1. The molecule has 0 fully saturated rings. The summed E-state index contributed by atoms with van der Waals surface area (Å²) in [6.07, 6.45) is 1.65. The van der Waals surface area contributed by atoms with E-state index in [4.69, 9.17) is 5.26 Å². The van der Waals surface area contributed by atoms with Crippen LogP contribution in [0.15, 0.2) is 30.5 Å². The van der Waals surface area contributed by atoms with Crippen molar-refractivity contribution in [3.63, 3.8) is 0 Å². The van der Waals surface area contributed by atoms with Gasteiger partial charge in [-0.1, -0.05) is 6.07 Å². The molecule has 1 heterocycles. The lowest BCUT2D eigenvalue weighted by atomic mass is 10.1. The molecule has 0 bridgehead atoms. The van der Waals surface area contributed by atoms with Gasteiger partial charge in [-0.2, -0.15) is 10.4 Å². The molecule has 1 aromatic carbocycles. The molecule has 1 N–H and O–H groups in total. The summed E-state index contributed by atoms with van der Waals surface area (Å²) in [5, 5.41) is 26.9. The van der Waals surface area contributed by atoms with Crippen molar-refractivity contribution in [3.8, 4) is 6.07 Å². The first-order chi connectivity index (χ1) is 9.13. The van der Waals surface area contributed by atoms with Crippen LogP contribution in [0.25, 0.3) is 0 Å². The molecule has 0 aliphatic carbocycles. The van der Waals surface area contributed by atoms with E-state index in [9.17, 15) is 10.1 Å². The molecule has 0 saturated carbocycles. The van der Waals surface area contributed by atoms with Gasteiger partial charge in [-0.3, -0.25) is 14.8 Å². The van der Waals surface area contributed by atoms with Crippen LogP contribution in [-0.4, -0.2) is 14.7 Å². The van der Waals surface area contributed by atoms with Gasteiger partial charge >= 0.3 is 5.69 Å². The van der Waals surface area contributed by atoms with Gasteiger partial charge in [-0.15, -0.1) is 0 Å². The van der Waals surface area contributed by atoms with Gasteiger partial charge < -0.3 is 5.32 Å². The molecule has 0 saturated heterocycles. The number of nitro benzene ring substituents is 1. The Morgan fingerprint density at radius 2 is 2.32 bits per heavy atom. The number of nitro groups is 1. The van der Waals surface area contributed by atoms with E-state index in [1.807, 2.05) is 12.1 Å². The number of benzene rings is 1. The van der Waals surface area contributed by atoms with Gasteiger partial charge in [-0.25, -0.2) is 0 Å². The van der Waals surface area contributed by atoms with E-state index in [0.29, 0.717) is 12.2 Å². The molecule has 0 spiro atoms. The lowest BCUT2D eigenvalue weighted by Gasteiger charge is -2.07. The molecule has 0 atom stereocenters. The number of aromatic nitrogens is 2. The molecule has 19 heavy (non-hydrogen) atoms. The van der Waals surface area contributed by atoms with Crippen molar-refractivity contribution in [1.82, 2.24) is 9.78 Å². The Hall–Kier alpha value is -2.88. The molecule has 2 rings (SSSR count). The maximum atomic E-state index is 11.0. The molecule has 0 amide bonds. The van der Waals surface area contributed by atoms with Crippen molar-refractivity contribution < 1.29 is 4.92 Å². The Balaban J connectivity index is 2.28. The molecule has 96 valence electrons. The fourth-order valence-corrected chi connectivity index (χ4v) is 1.73. The monoisotopic (exact) mass is 257 g/mol. The maximum Gasteiger partial charge on any atom is 0.309 e.